The number of ether oxygens (including phenoxy) is 1. The van der Waals surface area contributed by atoms with Gasteiger partial charge >= 0.3 is 0 Å². The summed E-state index contributed by atoms with van der Waals surface area (Å²) < 4.78 is 10.9. The van der Waals surface area contributed by atoms with Crippen LogP contribution in [0.15, 0.2) is 22.7 Å². The third-order valence-electron chi connectivity index (χ3n) is 3.90. The number of halogens is 2. The van der Waals surface area contributed by atoms with Crippen LogP contribution in [0.2, 0.25) is 5.02 Å². The Morgan fingerprint density at radius 2 is 2.09 bits per heavy atom. The summed E-state index contributed by atoms with van der Waals surface area (Å²) >= 11 is 5.98. The van der Waals surface area contributed by atoms with Gasteiger partial charge in [-0.15, -0.1) is 12.4 Å². The van der Waals surface area contributed by atoms with E-state index in [1.165, 1.54) is 0 Å². The maximum Gasteiger partial charge on any atom is 0.264 e. The van der Waals surface area contributed by atoms with Crippen molar-refractivity contribution < 1.29 is 9.26 Å². The minimum Gasteiger partial charge on any atom is -0.484 e. The van der Waals surface area contributed by atoms with Crippen LogP contribution in [0.25, 0.3) is 0 Å². The molecule has 1 aromatic carbocycles. The molecule has 0 atom stereocenters. The summed E-state index contributed by atoms with van der Waals surface area (Å²) in [5, 5.41) is 4.72. The molecule has 0 spiro atoms. The molecule has 0 radical (unpaired) electrons. The number of nitrogens with zero attached hydrogens (tertiary/aromatic N) is 2. The first-order valence-electron chi connectivity index (χ1n) is 7.08. The zero-order valence-corrected chi connectivity index (χ0v) is 13.9. The first-order chi connectivity index (χ1) is 10.1. The fourth-order valence-electron chi connectivity index (χ4n) is 2.60. The van der Waals surface area contributed by atoms with Crippen LogP contribution in [-0.2, 0) is 12.1 Å². The van der Waals surface area contributed by atoms with Crippen molar-refractivity contribution in [2.75, 3.05) is 0 Å². The Bertz CT molecular complexity index is 639. The third-order valence-corrected chi connectivity index (χ3v) is 4.32. The maximum atomic E-state index is 6.30. The fraction of sp³-hybridized carbons (Fsp3) is 0.467. The molecule has 0 aliphatic heterocycles. The first-order valence-corrected chi connectivity index (χ1v) is 7.45. The normalized spacial score (nSPS) is 16.3. The van der Waals surface area contributed by atoms with Gasteiger partial charge in [-0.2, -0.15) is 4.98 Å². The van der Waals surface area contributed by atoms with Crippen LogP contribution in [0.3, 0.4) is 0 Å². The molecule has 120 valence electrons. The minimum atomic E-state index is -0.432. The summed E-state index contributed by atoms with van der Waals surface area (Å²) in [5.41, 5.74) is 6.83. The fourth-order valence-corrected chi connectivity index (χ4v) is 2.71. The van der Waals surface area contributed by atoms with Crippen molar-refractivity contribution in [2.45, 2.75) is 44.8 Å². The number of hydrogen-bond donors (Lipinski definition) is 1. The zero-order valence-electron chi connectivity index (χ0n) is 12.3. The van der Waals surface area contributed by atoms with E-state index in [4.69, 9.17) is 26.6 Å². The second-order valence-electron chi connectivity index (χ2n) is 5.57. The maximum absolute atomic E-state index is 6.30. The Hall–Kier alpha value is -1.30. The number of rotatable bonds is 4. The van der Waals surface area contributed by atoms with Gasteiger partial charge in [-0.05, 0) is 43.5 Å². The number of aryl methyl sites for hydroxylation is 1. The van der Waals surface area contributed by atoms with E-state index < -0.39 is 5.54 Å². The van der Waals surface area contributed by atoms with Gasteiger partial charge in [0.25, 0.3) is 5.89 Å². The topological polar surface area (TPSA) is 74.2 Å². The van der Waals surface area contributed by atoms with E-state index in [2.05, 4.69) is 10.1 Å². The van der Waals surface area contributed by atoms with E-state index in [1.807, 2.05) is 19.1 Å². The predicted octanol–water partition coefficient (Wildman–Crippen LogP) is 3.76. The van der Waals surface area contributed by atoms with E-state index in [0.717, 1.165) is 37.0 Å². The van der Waals surface area contributed by atoms with Crippen LogP contribution in [0.1, 0.15) is 43.0 Å². The molecule has 1 fully saturated rings. The SMILES string of the molecule is Cc1cc(OCc2nc(C3(N)CCCC3)no2)ccc1Cl.Cl. The van der Waals surface area contributed by atoms with Gasteiger partial charge in [0.15, 0.2) is 12.4 Å². The highest BCUT2D eigenvalue weighted by Crippen LogP contribution is 2.34. The Balaban J connectivity index is 0.00000176. The molecule has 0 amide bonds. The average molecular weight is 344 g/mol. The van der Waals surface area contributed by atoms with E-state index in [1.54, 1.807) is 6.07 Å². The van der Waals surface area contributed by atoms with E-state index in [-0.39, 0.29) is 19.0 Å². The summed E-state index contributed by atoms with van der Waals surface area (Å²) in [6.07, 6.45) is 4.04. The van der Waals surface area contributed by atoms with E-state index in [9.17, 15) is 0 Å². The molecule has 1 heterocycles. The minimum absolute atomic E-state index is 0. The molecule has 22 heavy (non-hydrogen) atoms. The molecule has 1 aliphatic rings. The molecule has 1 saturated carbocycles. The van der Waals surface area contributed by atoms with Gasteiger partial charge in [0.1, 0.15) is 5.75 Å². The molecular weight excluding hydrogens is 325 g/mol. The molecular formula is C15H19Cl2N3O2. The lowest BCUT2D eigenvalue weighted by atomic mass is 9.99. The molecule has 0 saturated heterocycles. The van der Waals surface area contributed by atoms with Gasteiger partial charge in [-0.1, -0.05) is 29.6 Å². The molecule has 2 aromatic rings. The number of aromatic nitrogens is 2. The van der Waals surface area contributed by atoms with Crippen LogP contribution in [0, 0.1) is 6.92 Å². The van der Waals surface area contributed by atoms with Crippen molar-refractivity contribution in [1.82, 2.24) is 10.1 Å². The van der Waals surface area contributed by atoms with Gasteiger partial charge in [0.2, 0.25) is 0 Å². The lowest BCUT2D eigenvalue weighted by Gasteiger charge is -2.17. The van der Waals surface area contributed by atoms with Crippen molar-refractivity contribution in [3.8, 4) is 5.75 Å². The van der Waals surface area contributed by atoms with Gasteiger partial charge in [-0.3, -0.25) is 0 Å². The van der Waals surface area contributed by atoms with E-state index >= 15 is 0 Å². The first kappa shape index (κ1) is 17.1. The molecule has 1 aromatic heterocycles. The Morgan fingerprint density at radius 1 is 1.36 bits per heavy atom. The highest BCUT2D eigenvalue weighted by Gasteiger charge is 2.35. The van der Waals surface area contributed by atoms with Crippen molar-refractivity contribution in [3.05, 3.63) is 40.5 Å². The van der Waals surface area contributed by atoms with Gasteiger partial charge in [-0.25, -0.2) is 0 Å². The molecule has 1 aliphatic carbocycles. The lowest BCUT2D eigenvalue weighted by Crippen LogP contribution is -2.34. The summed E-state index contributed by atoms with van der Waals surface area (Å²) in [4.78, 5) is 4.37. The monoisotopic (exact) mass is 343 g/mol. The highest BCUT2D eigenvalue weighted by atomic mass is 35.5. The van der Waals surface area contributed by atoms with Crippen molar-refractivity contribution in [2.24, 2.45) is 5.73 Å². The number of hydrogen-bond acceptors (Lipinski definition) is 5. The summed E-state index contributed by atoms with van der Waals surface area (Å²) in [6, 6.07) is 5.49. The summed E-state index contributed by atoms with van der Waals surface area (Å²) in [5.74, 6) is 1.75. The van der Waals surface area contributed by atoms with Crippen molar-refractivity contribution >= 4 is 24.0 Å². The molecule has 5 nitrogen and oxygen atoms in total. The van der Waals surface area contributed by atoms with Crippen LogP contribution >= 0.6 is 24.0 Å². The van der Waals surface area contributed by atoms with Crippen molar-refractivity contribution in [3.63, 3.8) is 0 Å². The van der Waals surface area contributed by atoms with Crippen molar-refractivity contribution in [1.29, 1.82) is 0 Å². The van der Waals surface area contributed by atoms with Gasteiger partial charge in [0.05, 0.1) is 5.54 Å². The smallest absolute Gasteiger partial charge is 0.264 e. The number of benzene rings is 1. The van der Waals surface area contributed by atoms with Crippen LogP contribution in [0.5, 0.6) is 5.75 Å². The largest absolute Gasteiger partial charge is 0.484 e. The molecule has 0 bridgehead atoms. The highest BCUT2D eigenvalue weighted by molar-refractivity contribution is 6.31. The molecule has 2 N–H and O–H groups in total. The van der Waals surface area contributed by atoms with Gasteiger partial charge < -0.3 is 15.0 Å². The Labute approximate surface area is 140 Å². The third kappa shape index (κ3) is 3.54. The molecule has 7 heteroatoms. The second-order valence-corrected chi connectivity index (χ2v) is 5.98. The second kappa shape index (κ2) is 6.86. The Morgan fingerprint density at radius 3 is 2.77 bits per heavy atom. The lowest BCUT2D eigenvalue weighted by molar-refractivity contribution is 0.241. The molecule has 0 unspecified atom stereocenters. The van der Waals surface area contributed by atoms with Crippen LogP contribution < -0.4 is 10.5 Å². The zero-order chi connectivity index (χ0) is 14.9. The summed E-state index contributed by atoms with van der Waals surface area (Å²) in [7, 11) is 0. The standard InChI is InChI=1S/C15H18ClN3O2.ClH/c1-10-8-11(4-5-12(10)16)20-9-13-18-14(19-21-13)15(17)6-2-3-7-15;/h4-5,8H,2-3,6-7,9,17H2,1H3;1H. The average Bonchev–Trinajstić information content (AvgIpc) is 3.10. The quantitative estimate of drug-likeness (QED) is 0.914. The number of nitrogens with two attached hydrogens (primary N) is 1. The van der Waals surface area contributed by atoms with E-state index in [0.29, 0.717) is 16.7 Å². The molecule has 3 rings (SSSR count). The predicted molar refractivity (Wildman–Crippen MR) is 86.4 cm³/mol. The Kier molecular flexibility index (Phi) is 5.32. The van der Waals surface area contributed by atoms with Gasteiger partial charge in [0, 0.05) is 5.02 Å². The van der Waals surface area contributed by atoms with Crippen LogP contribution in [-0.4, -0.2) is 10.1 Å². The van der Waals surface area contributed by atoms with Crippen LogP contribution in [0.4, 0.5) is 0 Å². The summed E-state index contributed by atoms with van der Waals surface area (Å²) in [6.45, 7) is 2.16.